The molecule has 7 heteroatoms. The highest BCUT2D eigenvalue weighted by Gasteiger charge is 2.16. The van der Waals surface area contributed by atoms with E-state index in [1.165, 1.54) is 11.8 Å². The Hall–Kier alpha value is -0.910. The highest BCUT2D eigenvalue weighted by atomic mass is 35.5. The summed E-state index contributed by atoms with van der Waals surface area (Å²) in [5, 5.41) is 3.16. The Labute approximate surface area is 132 Å². The summed E-state index contributed by atoms with van der Waals surface area (Å²) in [4.78, 5) is 23.2. The molecule has 0 saturated carbocycles. The third kappa shape index (κ3) is 5.61. The largest absolute Gasteiger partial charge is 0.465 e. The molecule has 1 aromatic carbocycles. The normalized spacial score (nSPS) is 11.8. The number of nitrogens with one attached hydrogen (secondary N) is 1. The predicted molar refractivity (Wildman–Crippen MR) is 83.6 cm³/mol. The van der Waals surface area contributed by atoms with Crippen molar-refractivity contribution in [3.05, 3.63) is 28.2 Å². The maximum absolute atomic E-state index is 11.9. The Morgan fingerprint density at radius 1 is 1.40 bits per heavy atom. The molecule has 0 heterocycles. The molecular weight excluding hydrogens is 321 g/mol. The number of hydrogen-bond acceptors (Lipinski definition) is 4. The lowest BCUT2D eigenvalue weighted by atomic mass is 10.3. The van der Waals surface area contributed by atoms with E-state index in [1.807, 2.05) is 0 Å². The Morgan fingerprint density at radius 2 is 2.10 bits per heavy atom. The summed E-state index contributed by atoms with van der Waals surface area (Å²) >= 11 is 12.9. The van der Waals surface area contributed by atoms with Gasteiger partial charge in [-0.2, -0.15) is 0 Å². The van der Waals surface area contributed by atoms with E-state index in [1.54, 1.807) is 32.0 Å². The molecule has 0 aromatic heterocycles. The number of rotatable bonds is 6. The summed E-state index contributed by atoms with van der Waals surface area (Å²) in [7, 11) is 0. The van der Waals surface area contributed by atoms with Gasteiger partial charge in [0.05, 0.1) is 28.3 Å². The topological polar surface area (TPSA) is 55.4 Å². The van der Waals surface area contributed by atoms with Crippen molar-refractivity contribution in [3.63, 3.8) is 0 Å². The third-order valence-corrected chi connectivity index (χ3v) is 3.98. The number of hydrogen-bond donors (Lipinski definition) is 1. The maximum atomic E-state index is 11.9. The molecule has 0 radical (unpaired) electrons. The first-order valence-electron chi connectivity index (χ1n) is 5.97. The third-order valence-electron chi connectivity index (χ3n) is 2.31. The summed E-state index contributed by atoms with van der Waals surface area (Å²) in [5.74, 6) is -0.429. The monoisotopic (exact) mass is 335 g/mol. The predicted octanol–water partition coefficient (Wildman–Crippen LogP) is 3.62. The molecule has 0 unspecified atom stereocenters. The second kappa shape index (κ2) is 8.39. The van der Waals surface area contributed by atoms with Crippen molar-refractivity contribution in [2.24, 2.45) is 0 Å². The minimum absolute atomic E-state index is 0.136. The molecule has 0 aliphatic carbocycles. The standard InChI is InChI=1S/C13H15Cl2NO3S/c1-3-19-12(17)7-20-8(2)13(18)16-11-5-4-9(14)6-10(11)15/h4-6,8H,3,7H2,1-2H3,(H,16,18)/t8-/m1/s1. The van der Waals surface area contributed by atoms with Gasteiger partial charge in [-0.25, -0.2) is 0 Å². The van der Waals surface area contributed by atoms with Crippen LogP contribution < -0.4 is 5.32 Å². The first-order valence-corrected chi connectivity index (χ1v) is 7.77. The van der Waals surface area contributed by atoms with Crippen molar-refractivity contribution in [3.8, 4) is 0 Å². The van der Waals surface area contributed by atoms with Gasteiger partial charge in [-0.05, 0) is 32.0 Å². The van der Waals surface area contributed by atoms with E-state index in [2.05, 4.69) is 5.32 Å². The zero-order chi connectivity index (χ0) is 15.1. The van der Waals surface area contributed by atoms with Crippen molar-refractivity contribution in [1.82, 2.24) is 0 Å². The van der Waals surface area contributed by atoms with Crippen LogP contribution in [0.4, 0.5) is 5.69 Å². The SMILES string of the molecule is CCOC(=O)CS[C@H](C)C(=O)Nc1ccc(Cl)cc1Cl. The van der Waals surface area contributed by atoms with E-state index >= 15 is 0 Å². The summed E-state index contributed by atoms with van der Waals surface area (Å²) in [6.45, 7) is 3.78. The maximum Gasteiger partial charge on any atom is 0.315 e. The van der Waals surface area contributed by atoms with Crippen LogP contribution in [-0.2, 0) is 14.3 Å². The van der Waals surface area contributed by atoms with Gasteiger partial charge in [0.1, 0.15) is 0 Å². The molecule has 1 atom stereocenters. The molecule has 1 rings (SSSR count). The Bertz CT molecular complexity index is 497. The van der Waals surface area contributed by atoms with Gasteiger partial charge < -0.3 is 10.1 Å². The zero-order valence-electron chi connectivity index (χ0n) is 11.1. The molecule has 1 amide bonds. The minimum atomic E-state index is -0.397. The van der Waals surface area contributed by atoms with E-state index in [4.69, 9.17) is 27.9 Å². The second-order valence-electron chi connectivity index (χ2n) is 3.87. The number of anilines is 1. The van der Waals surface area contributed by atoms with E-state index < -0.39 is 5.25 Å². The van der Waals surface area contributed by atoms with Crippen molar-refractivity contribution >= 4 is 52.5 Å². The molecule has 1 N–H and O–H groups in total. The molecule has 0 aliphatic heterocycles. The fourth-order valence-electron chi connectivity index (χ4n) is 1.30. The Balaban J connectivity index is 2.51. The lowest BCUT2D eigenvalue weighted by Crippen LogP contribution is -2.24. The molecule has 0 fully saturated rings. The van der Waals surface area contributed by atoms with Crippen LogP contribution in [0, 0.1) is 0 Å². The number of carbonyl (C=O) groups excluding carboxylic acids is 2. The van der Waals surface area contributed by atoms with Crippen LogP contribution in [0.3, 0.4) is 0 Å². The Kier molecular flexibility index (Phi) is 7.19. The zero-order valence-corrected chi connectivity index (χ0v) is 13.4. The van der Waals surface area contributed by atoms with Crippen LogP contribution in [0.25, 0.3) is 0 Å². The summed E-state index contributed by atoms with van der Waals surface area (Å²) in [5.41, 5.74) is 0.490. The average Bonchev–Trinajstić information content (AvgIpc) is 2.39. The fourth-order valence-corrected chi connectivity index (χ4v) is 2.43. The molecule has 20 heavy (non-hydrogen) atoms. The molecule has 0 aliphatic rings. The van der Waals surface area contributed by atoms with Crippen molar-refractivity contribution in [2.45, 2.75) is 19.1 Å². The highest BCUT2D eigenvalue weighted by molar-refractivity contribution is 8.01. The van der Waals surface area contributed by atoms with Gasteiger partial charge in [-0.15, -0.1) is 11.8 Å². The van der Waals surface area contributed by atoms with Gasteiger partial charge in [-0.1, -0.05) is 23.2 Å². The van der Waals surface area contributed by atoms with Gasteiger partial charge in [0.15, 0.2) is 0 Å². The van der Waals surface area contributed by atoms with E-state index in [0.29, 0.717) is 22.3 Å². The van der Waals surface area contributed by atoms with Crippen molar-refractivity contribution in [2.75, 3.05) is 17.7 Å². The smallest absolute Gasteiger partial charge is 0.315 e. The fraction of sp³-hybridized carbons (Fsp3) is 0.385. The number of thioether (sulfide) groups is 1. The highest BCUT2D eigenvalue weighted by Crippen LogP contribution is 2.26. The van der Waals surface area contributed by atoms with Crippen molar-refractivity contribution < 1.29 is 14.3 Å². The Morgan fingerprint density at radius 3 is 2.70 bits per heavy atom. The van der Waals surface area contributed by atoms with Gasteiger partial charge in [-0.3, -0.25) is 9.59 Å². The van der Waals surface area contributed by atoms with Gasteiger partial charge >= 0.3 is 5.97 Å². The van der Waals surface area contributed by atoms with Crippen molar-refractivity contribution in [1.29, 1.82) is 0 Å². The lowest BCUT2D eigenvalue weighted by Gasteiger charge is -2.12. The minimum Gasteiger partial charge on any atom is -0.465 e. The number of ether oxygens (including phenoxy) is 1. The van der Waals surface area contributed by atoms with Crippen LogP contribution in [0.2, 0.25) is 10.0 Å². The van der Waals surface area contributed by atoms with E-state index in [-0.39, 0.29) is 17.6 Å². The summed E-state index contributed by atoms with van der Waals surface area (Å²) in [6.07, 6.45) is 0. The number of amides is 1. The average molecular weight is 336 g/mol. The quantitative estimate of drug-likeness (QED) is 0.806. The number of esters is 1. The molecule has 1 aromatic rings. The number of benzene rings is 1. The molecule has 110 valence electrons. The van der Waals surface area contributed by atoms with Crippen LogP contribution in [0.15, 0.2) is 18.2 Å². The number of carbonyl (C=O) groups is 2. The van der Waals surface area contributed by atoms with Crippen LogP contribution in [0.1, 0.15) is 13.8 Å². The molecule has 0 saturated heterocycles. The van der Waals surface area contributed by atoms with Crippen LogP contribution in [0.5, 0.6) is 0 Å². The van der Waals surface area contributed by atoms with Crippen LogP contribution >= 0.6 is 35.0 Å². The lowest BCUT2D eigenvalue weighted by molar-refractivity contribution is -0.139. The first kappa shape index (κ1) is 17.1. The molecular formula is C13H15Cl2NO3S. The molecule has 0 spiro atoms. The van der Waals surface area contributed by atoms with Gasteiger partial charge in [0.25, 0.3) is 0 Å². The van der Waals surface area contributed by atoms with E-state index in [0.717, 1.165) is 0 Å². The molecule has 4 nitrogen and oxygen atoms in total. The van der Waals surface area contributed by atoms with Crippen LogP contribution in [-0.4, -0.2) is 29.5 Å². The van der Waals surface area contributed by atoms with E-state index in [9.17, 15) is 9.59 Å². The summed E-state index contributed by atoms with van der Waals surface area (Å²) < 4.78 is 4.80. The number of halogens is 2. The second-order valence-corrected chi connectivity index (χ2v) is 6.04. The first-order chi connectivity index (χ1) is 9.43. The van der Waals surface area contributed by atoms with Gasteiger partial charge in [0, 0.05) is 5.02 Å². The van der Waals surface area contributed by atoms with Gasteiger partial charge in [0.2, 0.25) is 5.91 Å². The summed E-state index contributed by atoms with van der Waals surface area (Å²) in [6, 6.07) is 4.82. The molecule has 0 bridgehead atoms.